The van der Waals surface area contributed by atoms with Crippen molar-refractivity contribution in [1.82, 2.24) is 9.88 Å². The third kappa shape index (κ3) is 3.73. The van der Waals surface area contributed by atoms with Crippen LogP contribution >= 0.6 is 11.8 Å². The summed E-state index contributed by atoms with van der Waals surface area (Å²) >= 11 is 1.35. The van der Waals surface area contributed by atoms with Gasteiger partial charge in [-0.25, -0.2) is 4.98 Å². The summed E-state index contributed by atoms with van der Waals surface area (Å²) in [6.07, 6.45) is 7.59. The number of carbonyl (C=O) groups is 1. The lowest BCUT2D eigenvalue weighted by Gasteiger charge is -2.31. The van der Waals surface area contributed by atoms with E-state index in [-0.39, 0.29) is 5.91 Å². The lowest BCUT2D eigenvalue weighted by atomic mass is 9.94. The number of thioether (sulfide) groups is 1. The van der Waals surface area contributed by atoms with E-state index in [1.807, 2.05) is 11.9 Å². The molecule has 4 nitrogen and oxygen atoms in total. The van der Waals surface area contributed by atoms with E-state index >= 15 is 0 Å². The molecule has 1 aromatic rings. The summed E-state index contributed by atoms with van der Waals surface area (Å²) in [5.41, 5.74) is 0.533. The summed E-state index contributed by atoms with van der Waals surface area (Å²) in [7, 11) is 1.89. The Hall–Kier alpha value is -1.54. The van der Waals surface area contributed by atoms with Crippen molar-refractivity contribution in [3.05, 3.63) is 23.9 Å². The minimum Gasteiger partial charge on any atom is -0.342 e. The van der Waals surface area contributed by atoms with Gasteiger partial charge in [-0.15, -0.1) is 0 Å². The minimum atomic E-state index is 0.122. The molecule has 0 atom stereocenters. The minimum absolute atomic E-state index is 0.122. The van der Waals surface area contributed by atoms with Crippen LogP contribution in [0.5, 0.6) is 0 Å². The first-order chi connectivity index (χ1) is 9.72. The van der Waals surface area contributed by atoms with Crippen LogP contribution in [-0.4, -0.2) is 34.6 Å². The van der Waals surface area contributed by atoms with Crippen molar-refractivity contribution < 1.29 is 4.79 Å². The van der Waals surface area contributed by atoms with E-state index in [2.05, 4.69) is 11.1 Å². The molecule has 5 heteroatoms. The molecule has 1 aliphatic carbocycles. The van der Waals surface area contributed by atoms with Gasteiger partial charge in [0.2, 0.25) is 5.91 Å². The predicted octanol–water partition coefficient (Wildman–Crippen LogP) is 2.84. The lowest BCUT2D eigenvalue weighted by Crippen LogP contribution is -2.39. The van der Waals surface area contributed by atoms with Gasteiger partial charge in [0.1, 0.15) is 11.1 Å². The van der Waals surface area contributed by atoms with Gasteiger partial charge in [-0.3, -0.25) is 4.79 Å². The molecule has 106 valence electrons. The van der Waals surface area contributed by atoms with Gasteiger partial charge in [-0.2, -0.15) is 5.26 Å². The zero-order chi connectivity index (χ0) is 14.4. The highest BCUT2D eigenvalue weighted by molar-refractivity contribution is 7.99. The number of pyridine rings is 1. The van der Waals surface area contributed by atoms with Gasteiger partial charge >= 0.3 is 0 Å². The Morgan fingerprint density at radius 3 is 2.95 bits per heavy atom. The van der Waals surface area contributed by atoms with Gasteiger partial charge in [0.15, 0.2) is 0 Å². The van der Waals surface area contributed by atoms with E-state index < -0.39 is 0 Å². The molecule has 0 aliphatic heterocycles. The smallest absolute Gasteiger partial charge is 0.232 e. The molecular weight excluding hydrogens is 270 g/mol. The number of carbonyl (C=O) groups excluding carboxylic acids is 1. The van der Waals surface area contributed by atoms with Gasteiger partial charge in [0.05, 0.1) is 11.3 Å². The van der Waals surface area contributed by atoms with E-state index in [0.29, 0.717) is 22.4 Å². The Labute approximate surface area is 124 Å². The molecule has 0 bridgehead atoms. The number of hydrogen-bond acceptors (Lipinski definition) is 4. The zero-order valence-corrected chi connectivity index (χ0v) is 12.5. The molecular formula is C15H19N3OS. The van der Waals surface area contributed by atoms with E-state index in [9.17, 15) is 4.79 Å². The quantitative estimate of drug-likeness (QED) is 0.800. The van der Waals surface area contributed by atoms with E-state index in [1.165, 1.54) is 31.0 Å². The topological polar surface area (TPSA) is 57.0 Å². The molecule has 1 fully saturated rings. The highest BCUT2D eigenvalue weighted by Gasteiger charge is 2.22. The molecule has 1 aliphatic rings. The average molecular weight is 289 g/mol. The Bertz CT molecular complexity index is 506. The van der Waals surface area contributed by atoms with Gasteiger partial charge < -0.3 is 4.90 Å². The first-order valence-corrected chi connectivity index (χ1v) is 7.94. The molecule has 1 heterocycles. The summed E-state index contributed by atoms with van der Waals surface area (Å²) in [5, 5.41) is 9.64. The highest BCUT2D eigenvalue weighted by atomic mass is 32.2. The van der Waals surface area contributed by atoms with Crippen LogP contribution in [0.15, 0.2) is 23.4 Å². The Balaban J connectivity index is 1.90. The van der Waals surface area contributed by atoms with Crippen LogP contribution in [0.1, 0.15) is 37.7 Å². The van der Waals surface area contributed by atoms with Crippen molar-refractivity contribution in [2.75, 3.05) is 12.8 Å². The fourth-order valence-corrected chi connectivity index (χ4v) is 3.36. The van der Waals surface area contributed by atoms with Crippen LogP contribution in [0, 0.1) is 11.3 Å². The third-order valence-electron chi connectivity index (χ3n) is 3.74. The fraction of sp³-hybridized carbons (Fsp3) is 0.533. The van der Waals surface area contributed by atoms with Crippen molar-refractivity contribution in [3.63, 3.8) is 0 Å². The molecule has 1 amide bonds. The van der Waals surface area contributed by atoms with Crippen LogP contribution in [0.4, 0.5) is 0 Å². The number of nitrogens with zero attached hydrogens (tertiary/aromatic N) is 3. The van der Waals surface area contributed by atoms with E-state index in [0.717, 1.165) is 12.8 Å². The third-order valence-corrected chi connectivity index (χ3v) is 4.73. The summed E-state index contributed by atoms with van der Waals surface area (Å²) < 4.78 is 0. The zero-order valence-electron chi connectivity index (χ0n) is 11.7. The Morgan fingerprint density at radius 1 is 1.50 bits per heavy atom. The summed E-state index contributed by atoms with van der Waals surface area (Å²) in [5.74, 6) is 0.468. The molecule has 0 aromatic carbocycles. The number of amides is 1. The normalized spacial score (nSPS) is 15.6. The highest BCUT2D eigenvalue weighted by Crippen LogP contribution is 2.24. The Kier molecular flexibility index (Phi) is 5.42. The second kappa shape index (κ2) is 7.30. The van der Waals surface area contributed by atoms with Crippen LogP contribution < -0.4 is 0 Å². The fourth-order valence-electron chi connectivity index (χ4n) is 2.49. The summed E-state index contributed by atoms with van der Waals surface area (Å²) in [6.45, 7) is 0. The molecule has 20 heavy (non-hydrogen) atoms. The molecule has 0 saturated heterocycles. The van der Waals surface area contributed by atoms with Gasteiger partial charge in [0.25, 0.3) is 0 Å². The first-order valence-electron chi connectivity index (χ1n) is 6.96. The van der Waals surface area contributed by atoms with Crippen molar-refractivity contribution in [3.8, 4) is 6.07 Å². The largest absolute Gasteiger partial charge is 0.342 e. The summed E-state index contributed by atoms with van der Waals surface area (Å²) in [4.78, 5) is 18.2. The van der Waals surface area contributed by atoms with Crippen LogP contribution in [0.3, 0.4) is 0 Å². The van der Waals surface area contributed by atoms with E-state index in [4.69, 9.17) is 5.26 Å². The van der Waals surface area contributed by atoms with Gasteiger partial charge in [-0.05, 0) is 25.0 Å². The SMILES string of the molecule is CN(C(=O)CSc1ncccc1C#N)C1CCCCC1. The lowest BCUT2D eigenvalue weighted by molar-refractivity contribution is -0.129. The van der Waals surface area contributed by atoms with E-state index in [1.54, 1.807) is 18.3 Å². The van der Waals surface area contributed by atoms with Crippen LogP contribution in [0.2, 0.25) is 0 Å². The predicted molar refractivity (Wildman–Crippen MR) is 79.3 cm³/mol. The van der Waals surface area contributed by atoms with Crippen molar-refractivity contribution in [2.45, 2.75) is 43.2 Å². The van der Waals surface area contributed by atoms with Crippen LogP contribution in [0.25, 0.3) is 0 Å². The number of aromatic nitrogens is 1. The number of nitriles is 1. The van der Waals surface area contributed by atoms with Crippen LogP contribution in [-0.2, 0) is 4.79 Å². The standard InChI is InChI=1S/C15H19N3OS/c1-18(13-7-3-2-4-8-13)14(19)11-20-15-12(10-16)6-5-9-17-15/h5-6,9,13H,2-4,7-8,11H2,1H3. The van der Waals surface area contributed by atoms with Gasteiger partial charge in [-0.1, -0.05) is 31.0 Å². The second-order valence-electron chi connectivity index (χ2n) is 5.05. The number of hydrogen-bond donors (Lipinski definition) is 0. The van der Waals surface area contributed by atoms with Crippen molar-refractivity contribution >= 4 is 17.7 Å². The average Bonchev–Trinajstić information content (AvgIpc) is 2.53. The number of rotatable bonds is 4. The maximum Gasteiger partial charge on any atom is 0.232 e. The maximum absolute atomic E-state index is 12.2. The molecule has 0 N–H and O–H groups in total. The molecule has 2 rings (SSSR count). The molecule has 0 radical (unpaired) electrons. The van der Waals surface area contributed by atoms with Gasteiger partial charge in [0, 0.05) is 19.3 Å². The monoisotopic (exact) mass is 289 g/mol. The molecule has 0 unspecified atom stereocenters. The van der Waals surface area contributed by atoms with Crippen molar-refractivity contribution in [2.24, 2.45) is 0 Å². The summed E-state index contributed by atoms with van der Waals surface area (Å²) in [6, 6.07) is 5.95. The molecule has 0 spiro atoms. The molecule has 1 aromatic heterocycles. The second-order valence-corrected chi connectivity index (χ2v) is 6.02. The maximum atomic E-state index is 12.2. The Morgan fingerprint density at radius 2 is 2.25 bits per heavy atom. The molecule has 1 saturated carbocycles. The first kappa shape index (κ1) is 14.9. The van der Waals surface area contributed by atoms with Crippen molar-refractivity contribution in [1.29, 1.82) is 5.26 Å².